The Hall–Kier alpha value is -1.11. The van der Waals surface area contributed by atoms with E-state index in [9.17, 15) is 8.42 Å². The van der Waals surface area contributed by atoms with Crippen LogP contribution in [0.2, 0.25) is 0 Å². The van der Waals surface area contributed by atoms with E-state index in [1.807, 2.05) is 0 Å². The first-order valence-electron chi connectivity index (χ1n) is 7.05. The molecule has 1 unspecified atom stereocenters. The minimum Gasteiger partial charge on any atom is -0.388 e. The van der Waals surface area contributed by atoms with Gasteiger partial charge in [0.05, 0.1) is 4.90 Å². The highest BCUT2D eigenvalue weighted by Crippen LogP contribution is 2.17. The lowest BCUT2D eigenvalue weighted by atomic mass is 10.1. The van der Waals surface area contributed by atoms with Gasteiger partial charge in [-0.3, -0.25) is 0 Å². The quantitative estimate of drug-likeness (QED) is 0.832. The van der Waals surface area contributed by atoms with Crippen molar-refractivity contribution in [2.45, 2.75) is 18.2 Å². The van der Waals surface area contributed by atoms with Crippen molar-refractivity contribution in [1.29, 1.82) is 0 Å². The normalized spacial score (nSPS) is 20.2. The Balaban J connectivity index is 1.93. The van der Waals surface area contributed by atoms with E-state index in [4.69, 9.17) is 0 Å². The van der Waals surface area contributed by atoms with Crippen molar-refractivity contribution >= 4 is 15.7 Å². The zero-order valence-corrected chi connectivity index (χ0v) is 12.9. The summed E-state index contributed by atoms with van der Waals surface area (Å²) in [7, 11) is -1.59. The monoisotopic (exact) mass is 297 g/mol. The van der Waals surface area contributed by atoms with Crippen LogP contribution in [0.3, 0.4) is 0 Å². The van der Waals surface area contributed by atoms with Gasteiger partial charge in [-0.2, -0.15) is 0 Å². The summed E-state index contributed by atoms with van der Waals surface area (Å²) >= 11 is 0. The van der Waals surface area contributed by atoms with E-state index >= 15 is 0 Å². The Morgan fingerprint density at radius 2 is 2.00 bits per heavy atom. The predicted molar refractivity (Wildman–Crippen MR) is 81.4 cm³/mol. The van der Waals surface area contributed by atoms with Crippen molar-refractivity contribution in [2.24, 2.45) is 5.92 Å². The molecule has 20 heavy (non-hydrogen) atoms. The van der Waals surface area contributed by atoms with Crippen LogP contribution in [0.25, 0.3) is 0 Å². The molecule has 6 heteroatoms. The topological polar surface area (TPSA) is 61.4 Å². The third-order valence-electron chi connectivity index (χ3n) is 3.83. The minimum absolute atomic E-state index is 0.321. The Morgan fingerprint density at radius 1 is 1.30 bits per heavy atom. The molecule has 1 aromatic carbocycles. The van der Waals surface area contributed by atoms with E-state index in [2.05, 4.69) is 21.9 Å². The summed E-state index contributed by atoms with van der Waals surface area (Å²) in [5.74, 6) is 0.418. The fourth-order valence-electron chi connectivity index (χ4n) is 2.48. The van der Waals surface area contributed by atoms with Gasteiger partial charge in [0.1, 0.15) is 0 Å². The maximum Gasteiger partial charge on any atom is 0.240 e. The average molecular weight is 297 g/mol. The molecular formula is C14H23N3O2S. The van der Waals surface area contributed by atoms with Crippen LogP contribution in [-0.2, 0) is 10.0 Å². The summed E-state index contributed by atoms with van der Waals surface area (Å²) in [5.41, 5.74) is 0.901. The van der Waals surface area contributed by atoms with Gasteiger partial charge in [-0.15, -0.1) is 0 Å². The lowest BCUT2D eigenvalue weighted by molar-refractivity contribution is 0.342. The Bertz CT molecular complexity index is 528. The van der Waals surface area contributed by atoms with Crippen LogP contribution in [0.5, 0.6) is 0 Å². The molecular weight excluding hydrogens is 274 g/mol. The molecule has 5 nitrogen and oxygen atoms in total. The predicted octanol–water partition coefficient (Wildman–Crippen LogP) is 1.35. The number of nitrogens with zero attached hydrogens (tertiary/aromatic N) is 1. The van der Waals surface area contributed by atoms with Gasteiger partial charge in [0.15, 0.2) is 0 Å². The molecule has 112 valence electrons. The van der Waals surface area contributed by atoms with Crippen molar-refractivity contribution in [3.63, 3.8) is 0 Å². The second-order valence-electron chi connectivity index (χ2n) is 5.17. The highest BCUT2D eigenvalue weighted by Gasteiger charge is 2.23. The summed E-state index contributed by atoms with van der Waals surface area (Å²) in [6.45, 7) is 5.74. The van der Waals surface area contributed by atoms with Gasteiger partial charge >= 0.3 is 0 Å². The highest BCUT2D eigenvalue weighted by atomic mass is 32.2. The molecule has 0 spiro atoms. The molecule has 1 saturated heterocycles. The molecule has 0 aliphatic carbocycles. The standard InChI is InChI=1S/C14H23N3O2S/c1-3-17-9-8-12(11-17)10-16-20(18,19)14-6-4-13(15-2)5-7-14/h4-7,12,15-16H,3,8-11H2,1-2H3. The molecule has 0 saturated carbocycles. The lowest BCUT2D eigenvalue weighted by Gasteiger charge is -2.14. The van der Waals surface area contributed by atoms with E-state index in [1.54, 1.807) is 31.3 Å². The Kier molecular flexibility index (Phi) is 5.01. The molecule has 1 atom stereocenters. The molecule has 1 aromatic rings. The highest BCUT2D eigenvalue weighted by molar-refractivity contribution is 7.89. The summed E-state index contributed by atoms with van der Waals surface area (Å²) < 4.78 is 27.1. The van der Waals surface area contributed by atoms with Crippen LogP contribution in [0.4, 0.5) is 5.69 Å². The molecule has 1 aliphatic rings. The van der Waals surface area contributed by atoms with Crippen LogP contribution in [0.1, 0.15) is 13.3 Å². The van der Waals surface area contributed by atoms with Crippen molar-refractivity contribution in [3.05, 3.63) is 24.3 Å². The van der Waals surface area contributed by atoms with Crippen LogP contribution >= 0.6 is 0 Å². The third-order valence-corrected chi connectivity index (χ3v) is 5.27. The molecule has 0 amide bonds. The second-order valence-corrected chi connectivity index (χ2v) is 6.94. The van der Waals surface area contributed by atoms with Crippen molar-refractivity contribution < 1.29 is 8.42 Å². The number of nitrogens with one attached hydrogen (secondary N) is 2. The first-order valence-corrected chi connectivity index (χ1v) is 8.53. The van der Waals surface area contributed by atoms with E-state index in [1.165, 1.54) is 0 Å². The minimum atomic E-state index is -3.39. The van der Waals surface area contributed by atoms with Gasteiger partial charge in [-0.25, -0.2) is 13.1 Å². The van der Waals surface area contributed by atoms with E-state index in [0.29, 0.717) is 17.4 Å². The molecule has 1 fully saturated rings. The smallest absolute Gasteiger partial charge is 0.240 e. The van der Waals surface area contributed by atoms with Crippen LogP contribution < -0.4 is 10.0 Å². The molecule has 1 aliphatic heterocycles. The third kappa shape index (κ3) is 3.71. The number of anilines is 1. The maximum absolute atomic E-state index is 12.2. The van der Waals surface area contributed by atoms with Crippen LogP contribution in [0.15, 0.2) is 29.2 Å². The van der Waals surface area contributed by atoms with Gasteiger partial charge in [-0.1, -0.05) is 6.92 Å². The summed E-state index contributed by atoms with van der Waals surface area (Å²) in [6.07, 6.45) is 1.06. The number of hydrogen-bond donors (Lipinski definition) is 2. The number of hydrogen-bond acceptors (Lipinski definition) is 4. The molecule has 0 bridgehead atoms. The Labute approximate surface area is 121 Å². The second kappa shape index (κ2) is 6.56. The number of sulfonamides is 1. The molecule has 0 radical (unpaired) electrons. The SMILES string of the molecule is CCN1CCC(CNS(=O)(=O)c2ccc(NC)cc2)C1. The number of rotatable bonds is 6. The van der Waals surface area contributed by atoms with Crippen molar-refractivity contribution in [1.82, 2.24) is 9.62 Å². The van der Waals surface area contributed by atoms with Gasteiger partial charge in [0, 0.05) is 25.8 Å². The van der Waals surface area contributed by atoms with Gasteiger partial charge in [-0.05, 0) is 49.7 Å². The molecule has 0 aromatic heterocycles. The fourth-order valence-corrected chi connectivity index (χ4v) is 3.59. The van der Waals surface area contributed by atoms with Crippen LogP contribution in [0, 0.1) is 5.92 Å². The first-order chi connectivity index (χ1) is 9.55. The van der Waals surface area contributed by atoms with Gasteiger partial charge in [0.25, 0.3) is 0 Å². The largest absolute Gasteiger partial charge is 0.388 e. The molecule has 2 N–H and O–H groups in total. The van der Waals surface area contributed by atoms with Crippen molar-refractivity contribution in [2.75, 3.05) is 38.5 Å². The summed E-state index contributed by atoms with van der Waals surface area (Å²) in [6, 6.07) is 6.79. The molecule has 1 heterocycles. The lowest BCUT2D eigenvalue weighted by Crippen LogP contribution is -2.31. The first kappa shape index (κ1) is 15.3. The summed E-state index contributed by atoms with van der Waals surface area (Å²) in [5, 5.41) is 2.97. The Morgan fingerprint density at radius 3 is 2.55 bits per heavy atom. The van der Waals surface area contributed by atoms with E-state index in [-0.39, 0.29) is 0 Å². The number of benzene rings is 1. The molecule has 2 rings (SSSR count). The summed E-state index contributed by atoms with van der Waals surface area (Å²) in [4.78, 5) is 2.67. The fraction of sp³-hybridized carbons (Fsp3) is 0.571. The number of likely N-dealkylation sites (tertiary alicyclic amines) is 1. The zero-order valence-electron chi connectivity index (χ0n) is 12.1. The van der Waals surface area contributed by atoms with Crippen LogP contribution in [-0.4, -0.2) is 46.5 Å². The van der Waals surface area contributed by atoms with E-state index < -0.39 is 10.0 Å². The van der Waals surface area contributed by atoms with Crippen molar-refractivity contribution in [3.8, 4) is 0 Å². The van der Waals surface area contributed by atoms with Gasteiger partial charge < -0.3 is 10.2 Å². The average Bonchev–Trinajstić information content (AvgIpc) is 2.93. The van der Waals surface area contributed by atoms with E-state index in [0.717, 1.165) is 31.7 Å². The maximum atomic E-state index is 12.2. The zero-order chi connectivity index (χ0) is 14.6. The van der Waals surface area contributed by atoms with Gasteiger partial charge in [0.2, 0.25) is 10.0 Å².